The third-order valence-electron chi connectivity index (χ3n) is 2.52. The van der Waals surface area contributed by atoms with Crippen LogP contribution in [0.5, 0.6) is 0 Å². The highest BCUT2D eigenvalue weighted by atomic mass is 16.5. The van der Waals surface area contributed by atoms with E-state index in [9.17, 15) is 9.59 Å². The minimum atomic E-state index is -0.353. The Balaban J connectivity index is 2.29. The first kappa shape index (κ1) is 17.2. The average molecular weight is 301 g/mol. The molecule has 0 heterocycles. The molecule has 0 atom stereocenters. The maximum atomic E-state index is 11.7. The molecule has 2 amide bonds. The Morgan fingerprint density at radius 1 is 1.23 bits per heavy atom. The summed E-state index contributed by atoms with van der Waals surface area (Å²) in [7, 11) is 0. The molecule has 6 heteroatoms. The summed E-state index contributed by atoms with van der Waals surface area (Å²) in [5.74, 6) is -0.125. The van der Waals surface area contributed by atoms with E-state index in [1.165, 1.54) is 12.5 Å². The number of rotatable bonds is 8. The molecule has 0 radical (unpaired) electrons. The Hall–Kier alpha value is -2.89. The van der Waals surface area contributed by atoms with Crippen molar-refractivity contribution in [3.63, 3.8) is 0 Å². The van der Waals surface area contributed by atoms with Crippen LogP contribution in [0.15, 0.2) is 60.1 Å². The molecule has 1 rings (SSSR count). The van der Waals surface area contributed by atoms with E-state index in [0.717, 1.165) is 0 Å². The first-order valence-electron chi connectivity index (χ1n) is 6.76. The molecule has 0 aliphatic carbocycles. The van der Waals surface area contributed by atoms with Crippen LogP contribution < -0.4 is 10.7 Å². The van der Waals surface area contributed by atoms with E-state index < -0.39 is 0 Å². The molecule has 0 aromatic heterocycles. The van der Waals surface area contributed by atoms with E-state index in [4.69, 9.17) is 4.74 Å². The Kier molecular flexibility index (Phi) is 7.74. The van der Waals surface area contributed by atoms with Gasteiger partial charge in [0.15, 0.2) is 0 Å². The van der Waals surface area contributed by atoms with Crippen LogP contribution in [0.4, 0.5) is 5.69 Å². The average Bonchev–Trinajstić information content (AvgIpc) is 2.53. The molecule has 0 fully saturated rings. The van der Waals surface area contributed by atoms with E-state index >= 15 is 0 Å². The van der Waals surface area contributed by atoms with E-state index in [2.05, 4.69) is 22.4 Å². The molecular weight excluding hydrogens is 282 g/mol. The van der Waals surface area contributed by atoms with Crippen molar-refractivity contribution in [2.24, 2.45) is 5.10 Å². The third kappa shape index (κ3) is 7.04. The summed E-state index contributed by atoms with van der Waals surface area (Å²) in [6.07, 6.45) is 4.41. The summed E-state index contributed by atoms with van der Waals surface area (Å²) in [5.41, 5.74) is 3.02. The van der Waals surface area contributed by atoms with Gasteiger partial charge in [0, 0.05) is 18.5 Å². The summed E-state index contributed by atoms with van der Waals surface area (Å²) in [4.78, 5) is 23.2. The van der Waals surface area contributed by atoms with Gasteiger partial charge in [-0.25, -0.2) is 5.43 Å². The highest BCUT2D eigenvalue weighted by Crippen LogP contribution is 2.05. The van der Waals surface area contributed by atoms with Gasteiger partial charge >= 0.3 is 0 Å². The van der Waals surface area contributed by atoms with Gasteiger partial charge in [0.05, 0.1) is 12.5 Å². The largest absolute Gasteiger partial charge is 0.464 e. The summed E-state index contributed by atoms with van der Waals surface area (Å²) in [5, 5.41) is 6.43. The standard InChI is InChI=1S/C16H19N3O3/c1-3-14(22-4-2)12-17-19-16(21)11-10-15(20)18-13-8-6-5-7-9-13/h3-9,12H,2,10-11H2,1H3,(H,18,20)(H,19,21)/b14-3-,17-12+. The molecule has 0 aliphatic heterocycles. The molecule has 1 aromatic rings. The SMILES string of the molecule is C=COC(=C\C)/C=N/NC(=O)CCC(=O)Nc1ccccc1. The molecule has 6 nitrogen and oxygen atoms in total. The minimum Gasteiger partial charge on any atom is -0.464 e. The number of benzene rings is 1. The van der Waals surface area contributed by atoms with Crippen molar-refractivity contribution >= 4 is 23.7 Å². The zero-order valence-electron chi connectivity index (χ0n) is 12.4. The van der Waals surface area contributed by atoms with Crippen molar-refractivity contribution in [1.82, 2.24) is 5.43 Å². The number of hydrogen-bond acceptors (Lipinski definition) is 4. The zero-order chi connectivity index (χ0) is 16.2. The highest BCUT2D eigenvalue weighted by Gasteiger charge is 2.06. The summed E-state index contributed by atoms with van der Waals surface area (Å²) in [6, 6.07) is 9.06. The second kappa shape index (κ2) is 9.93. The molecule has 0 bridgehead atoms. The normalized spacial score (nSPS) is 11.0. The van der Waals surface area contributed by atoms with Gasteiger partial charge in [-0.1, -0.05) is 24.8 Å². The van der Waals surface area contributed by atoms with Crippen molar-refractivity contribution in [3.8, 4) is 0 Å². The quantitative estimate of drug-likeness (QED) is 0.440. The van der Waals surface area contributed by atoms with Crippen molar-refractivity contribution in [3.05, 3.63) is 55.0 Å². The fourth-order valence-electron chi connectivity index (χ4n) is 1.47. The number of nitrogens with zero attached hydrogens (tertiary/aromatic N) is 1. The summed E-state index contributed by atoms with van der Waals surface area (Å²) < 4.78 is 5.00. The van der Waals surface area contributed by atoms with Crippen LogP contribution >= 0.6 is 0 Å². The molecule has 0 saturated carbocycles. The number of para-hydroxylation sites is 1. The number of allylic oxidation sites excluding steroid dienone is 2. The van der Waals surface area contributed by atoms with Crippen LogP contribution in [0, 0.1) is 0 Å². The lowest BCUT2D eigenvalue weighted by Crippen LogP contribution is -2.20. The molecule has 22 heavy (non-hydrogen) atoms. The Morgan fingerprint density at radius 3 is 2.55 bits per heavy atom. The number of hydrogen-bond donors (Lipinski definition) is 2. The summed E-state index contributed by atoms with van der Waals surface area (Å²) >= 11 is 0. The number of anilines is 1. The van der Waals surface area contributed by atoms with Crippen LogP contribution in [0.2, 0.25) is 0 Å². The van der Waals surface area contributed by atoms with Crippen molar-refractivity contribution in [2.45, 2.75) is 19.8 Å². The predicted octanol–water partition coefficient (Wildman–Crippen LogP) is 2.57. The summed E-state index contributed by atoms with van der Waals surface area (Å²) in [6.45, 7) is 5.18. The second-order valence-electron chi connectivity index (χ2n) is 4.18. The van der Waals surface area contributed by atoms with Gasteiger partial charge < -0.3 is 10.1 Å². The Morgan fingerprint density at radius 2 is 1.91 bits per heavy atom. The van der Waals surface area contributed by atoms with Gasteiger partial charge in [0.2, 0.25) is 11.8 Å². The van der Waals surface area contributed by atoms with Crippen molar-refractivity contribution in [2.75, 3.05) is 5.32 Å². The number of ether oxygens (including phenoxy) is 1. The Labute approximate surface area is 129 Å². The monoisotopic (exact) mass is 301 g/mol. The second-order valence-corrected chi connectivity index (χ2v) is 4.18. The number of carbonyl (C=O) groups excluding carboxylic acids is 2. The van der Waals surface area contributed by atoms with Crippen LogP contribution in [0.1, 0.15) is 19.8 Å². The fourth-order valence-corrected chi connectivity index (χ4v) is 1.47. The molecular formula is C16H19N3O3. The lowest BCUT2D eigenvalue weighted by Gasteiger charge is -2.04. The molecule has 0 unspecified atom stereocenters. The third-order valence-corrected chi connectivity index (χ3v) is 2.52. The first-order valence-corrected chi connectivity index (χ1v) is 6.76. The number of carbonyl (C=O) groups is 2. The van der Waals surface area contributed by atoms with Crippen LogP contribution in [-0.4, -0.2) is 18.0 Å². The van der Waals surface area contributed by atoms with Crippen molar-refractivity contribution < 1.29 is 14.3 Å². The molecule has 0 spiro atoms. The van der Waals surface area contributed by atoms with E-state index in [1.54, 1.807) is 25.1 Å². The fraction of sp³-hybridized carbons (Fsp3) is 0.188. The zero-order valence-corrected chi connectivity index (χ0v) is 12.4. The van der Waals surface area contributed by atoms with Gasteiger partial charge in [-0.3, -0.25) is 9.59 Å². The lowest BCUT2D eigenvalue weighted by atomic mass is 10.2. The van der Waals surface area contributed by atoms with Gasteiger partial charge in [-0.15, -0.1) is 0 Å². The van der Waals surface area contributed by atoms with Crippen molar-refractivity contribution in [1.29, 1.82) is 0 Å². The smallest absolute Gasteiger partial charge is 0.240 e. The number of nitrogens with one attached hydrogen (secondary N) is 2. The molecule has 0 aliphatic rings. The van der Waals surface area contributed by atoms with Crippen LogP contribution in [0.25, 0.3) is 0 Å². The maximum absolute atomic E-state index is 11.7. The van der Waals surface area contributed by atoms with E-state index in [1.807, 2.05) is 18.2 Å². The van der Waals surface area contributed by atoms with Crippen LogP contribution in [-0.2, 0) is 14.3 Å². The number of hydrazone groups is 1. The van der Waals surface area contributed by atoms with E-state index in [-0.39, 0.29) is 24.7 Å². The minimum absolute atomic E-state index is 0.0451. The van der Waals surface area contributed by atoms with Crippen LogP contribution in [0.3, 0.4) is 0 Å². The molecule has 1 aromatic carbocycles. The topological polar surface area (TPSA) is 79.8 Å². The van der Waals surface area contributed by atoms with E-state index in [0.29, 0.717) is 11.4 Å². The number of amides is 2. The molecule has 2 N–H and O–H groups in total. The van der Waals surface area contributed by atoms with Gasteiger partial charge in [-0.2, -0.15) is 5.10 Å². The first-order chi connectivity index (χ1) is 10.7. The van der Waals surface area contributed by atoms with Gasteiger partial charge in [0.25, 0.3) is 0 Å². The Bertz CT molecular complexity index is 565. The molecule has 0 saturated heterocycles. The lowest BCUT2D eigenvalue weighted by molar-refractivity contribution is -0.124. The predicted molar refractivity (Wildman–Crippen MR) is 86.0 cm³/mol. The molecule has 116 valence electrons. The highest BCUT2D eigenvalue weighted by molar-refractivity contribution is 5.93. The van der Waals surface area contributed by atoms with Gasteiger partial charge in [0.1, 0.15) is 5.76 Å². The maximum Gasteiger partial charge on any atom is 0.240 e. The van der Waals surface area contributed by atoms with Gasteiger partial charge in [-0.05, 0) is 25.1 Å².